The van der Waals surface area contributed by atoms with Gasteiger partial charge in [-0.15, -0.1) is 0 Å². The van der Waals surface area contributed by atoms with Crippen LogP contribution >= 0.6 is 0 Å². The highest BCUT2D eigenvalue weighted by Gasteiger charge is 2.51. The van der Waals surface area contributed by atoms with Crippen LogP contribution in [0.3, 0.4) is 0 Å². The number of amidine groups is 1. The lowest BCUT2D eigenvalue weighted by Gasteiger charge is -2.45. The lowest BCUT2D eigenvalue weighted by molar-refractivity contribution is -0.150. The second-order valence-electron chi connectivity index (χ2n) is 10.6. The minimum absolute atomic E-state index is 0.288. The molecule has 2 aromatic carbocycles. The maximum atomic E-state index is 13.5. The summed E-state index contributed by atoms with van der Waals surface area (Å²) < 4.78 is 25.2. The van der Waals surface area contributed by atoms with Crippen LogP contribution < -0.4 is 9.47 Å². The van der Waals surface area contributed by atoms with Gasteiger partial charge in [-0.05, 0) is 62.1 Å². The fourth-order valence-electron chi connectivity index (χ4n) is 5.52. The van der Waals surface area contributed by atoms with Crippen molar-refractivity contribution in [1.82, 2.24) is 9.80 Å². The van der Waals surface area contributed by atoms with Crippen LogP contribution in [0.5, 0.6) is 11.5 Å². The van der Waals surface area contributed by atoms with Gasteiger partial charge in [-0.2, -0.15) is 0 Å². The smallest absolute Gasteiger partial charge is 0.309 e. The van der Waals surface area contributed by atoms with E-state index in [0.29, 0.717) is 50.6 Å². The van der Waals surface area contributed by atoms with E-state index < -0.39 is 11.4 Å². The quantitative estimate of drug-likeness (QED) is 0.591. The van der Waals surface area contributed by atoms with Gasteiger partial charge >= 0.3 is 5.97 Å². The lowest BCUT2D eigenvalue weighted by Crippen LogP contribution is -2.61. The number of methoxy groups -OCH3 is 1. The van der Waals surface area contributed by atoms with Gasteiger partial charge in [0.15, 0.2) is 5.60 Å². The Balaban J connectivity index is 1.22. The zero-order valence-electron chi connectivity index (χ0n) is 21.6. The van der Waals surface area contributed by atoms with E-state index in [9.17, 15) is 14.3 Å². The first-order chi connectivity index (χ1) is 17.7. The number of halogens is 1. The summed E-state index contributed by atoms with van der Waals surface area (Å²) in [6, 6.07) is 10.4. The van der Waals surface area contributed by atoms with Crippen LogP contribution in [0, 0.1) is 11.2 Å². The fourth-order valence-corrected chi connectivity index (χ4v) is 5.52. The van der Waals surface area contributed by atoms with Gasteiger partial charge in [0.2, 0.25) is 0 Å². The molecule has 3 aliphatic heterocycles. The zero-order valence-corrected chi connectivity index (χ0v) is 21.6. The van der Waals surface area contributed by atoms with Crippen molar-refractivity contribution >= 4 is 11.8 Å². The molecule has 2 aromatic rings. The highest BCUT2D eigenvalue weighted by molar-refractivity contribution is 5.85. The number of carbonyl (C=O) groups is 1. The summed E-state index contributed by atoms with van der Waals surface area (Å²) in [7, 11) is 1.63. The Morgan fingerprint density at radius 3 is 2.46 bits per heavy atom. The van der Waals surface area contributed by atoms with Crippen molar-refractivity contribution in [2.24, 2.45) is 10.6 Å². The number of oxime groups is 1. The second-order valence-corrected chi connectivity index (χ2v) is 10.6. The molecule has 2 saturated heterocycles. The normalized spacial score (nSPS) is 20.2. The van der Waals surface area contributed by atoms with Gasteiger partial charge in [-0.25, -0.2) is 4.39 Å². The van der Waals surface area contributed by atoms with E-state index in [1.165, 1.54) is 12.1 Å². The molecule has 0 amide bonds. The van der Waals surface area contributed by atoms with Crippen molar-refractivity contribution in [1.29, 1.82) is 0 Å². The van der Waals surface area contributed by atoms with E-state index in [4.69, 9.17) is 14.3 Å². The number of carboxylic acid groups (broad SMARTS) is 1. The molecule has 3 aliphatic rings. The number of ether oxygens (including phenoxy) is 2. The predicted molar refractivity (Wildman–Crippen MR) is 137 cm³/mol. The molecule has 0 atom stereocenters. The number of aliphatic carboxylic acids is 1. The largest absolute Gasteiger partial charge is 0.496 e. The van der Waals surface area contributed by atoms with E-state index in [2.05, 4.69) is 15.0 Å². The van der Waals surface area contributed by atoms with Gasteiger partial charge < -0.3 is 24.3 Å². The summed E-state index contributed by atoms with van der Waals surface area (Å²) in [5, 5.41) is 13.9. The van der Waals surface area contributed by atoms with Crippen LogP contribution in [0.1, 0.15) is 38.7 Å². The van der Waals surface area contributed by atoms with Crippen LogP contribution in [-0.4, -0.2) is 72.2 Å². The number of hydrogen-bond donors (Lipinski definition) is 1. The van der Waals surface area contributed by atoms with Crippen LogP contribution in [-0.2, 0) is 16.2 Å². The number of nitrogens with zero attached hydrogens (tertiary/aromatic N) is 3. The highest BCUT2D eigenvalue weighted by Crippen LogP contribution is 2.42. The molecule has 1 spiro atoms. The van der Waals surface area contributed by atoms with E-state index >= 15 is 0 Å². The van der Waals surface area contributed by atoms with Gasteiger partial charge in [-0.3, -0.25) is 9.69 Å². The van der Waals surface area contributed by atoms with E-state index in [1.807, 2.05) is 26.0 Å². The van der Waals surface area contributed by atoms with Crippen LogP contribution in [0.25, 0.3) is 11.1 Å². The Hall–Kier alpha value is -3.33. The Morgan fingerprint density at radius 2 is 1.84 bits per heavy atom. The SMILES string of the molecule is CCOc1cc(CN2CC3(CC(N4CCC(C)(C(=O)O)CC4)=NO3)C2)cc(OC)c1-c1ccc(F)cc1. The fraction of sp³-hybridized carbons (Fsp3) is 0.500. The molecular weight excluding hydrogens is 477 g/mol. The van der Waals surface area contributed by atoms with Crippen molar-refractivity contribution in [3.8, 4) is 22.6 Å². The van der Waals surface area contributed by atoms with Crippen LogP contribution in [0.4, 0.5) is 4.39 Å². The summed E-state index contributed by atoms with van der Waals surface area (Å²) in [5.41, 5.74) is 1.73. The minimum Gasteiger partial charge on any atom is -0.496 e. The maximum Gasteiger partial charge on any atom is 0.309 e. The number of piperidine rings is 1. The molecule has 0 aromatic heterocycles. The first kappa shape index (κ1) is 25.3. The first-order valence-corrected chi connectivity index (χ1v) is 12.8. The topological polar surface area (TPSA) is 83.8 Å². The first-order valence-electron chi connectivity index (χ1n) is 12.8. The standard InChI is InChI=1S/C28H34FN3O5/c1-4-36-23-14-19(13-22(35-3)25(23)20-5-7-21(29)8-6-20)16-31-17-28(18-31)15-24(30-37-28)32-11-9-27(2,10-12-32)26(33)34/h5-8,13-14H,4,9-12,15-18H2,1-3H3,(H,33,34). The second kappa shape index (κ2) is 9.85. The molecule has 0 bridgehead atoms. The highest BCUT2D eigenvalue weighted by atomic mass is 19.1. The number of hydrogen-bond acceptors (Lipinski definition) is 7. The molecule has 9 heteroatoms. The average molecular weight is 512 g/mol. The van der Waals surface area contributed by atoms with Crippen molar-refractivity contribution in [3.05, 3.63) is 47.8 Å². The Labute approximate surface area is 216 Å². The predicted octanol–water partition coefficient (Wildman–Crippen LogP) is 4.37. The Morgan fingerprint density at radius 1 is 1.16 bits per heavy atom. The van der Waals surface area contributed by atoms with E-state index in [0.717, 1.165) is 42.0 Å². The third-order valence-corrected chi connectivity index (χ3v) is 7.78. The molecule has 1 N–H and O–H groups in total. The van der Waals surface area contributed by atoms with Gasteiger partial charge in [0, 0.05) is 32.7 Å². The molecule has 8 nitrogen and oxygen atoms in total. The summed E-state index contributed by atoms with van der Waals surface area (Å²) in [5.74, 6) is 1.31. The van der Waals surface area contributed by atoms with Gasteiger partial charge in [-0.1, -0.05) is 17.3 Å². The third-order valence-electron chi connectivity index (χ3n) is 7.78. The molecule has 3 heterocycles. The van der Waals surface area contributed by atoms with Crippen molar-refractivity contribution in [2.75, 3.05) is 39.9 Å². The van der Waals surface area contributed by atoms with Gasteiger partial charge in [0.1, 0.15) is 23.2 Å². The minimum atomic E-state index is -0.724. The molecule has 0 saturated carbocycles. The molecule has 0 aliphatic carbocycles. The molecule has 2 fully saturated rings. The van der Waals surface area contributed by atoms with Crippen molar-refractivity contribution < 1.29 is 28.6 Å². The van der Waals surface area contributed by atoms with Crippen molar-refractivity contribution in [2.45, 2.75) is 45.3 Å². The van der Waals surface area contributed by atoms with Gasteiger partial charge in [0.25, 0.3) is 0 Å². The van der Waals surface area contributed by atoms with E-state index in [1.54, 1.807) is 19.2 Å². The number of carboxylic acids is 1. The number of benzene rings is 2. The maximum absolute atomic E-state index is 13.5. The summed E-state index contributed by atoms with van der Waals surface area (Å²) >= 11 is 0. The number of rotatable bonds is 7. The zero-order chi connectivity index (χ0) is 26.2. The lowest BCUT2D eigenvalue weighted by atomic mass is 9.80. The van der Waals surface area contributed by atoms with Crippen LogP contribution in [0.2, 0.25) is 0 Å². The molecule has 5 rings (SSSR count). The molecule has 0 radical (unpaired) electrons. The summed E-state index contributed by atoms with van der Waals surface area (Å²) in [4.78, 5) is 21.9. The molecule has 0 unspecified atom stereocenters. The average Bonchev–Trinajstić information content (AvgIpc) is 3.30. The van der Waals surface area contributed by atoms with Crippen LogP contribution in [0.15, 0.2) is 41.6 Å². The third kappa shape index (κ3) is 4.97. The molecule has 198 valence electrons. The summed E-state index contributed by atoms with van der Waals surface area (Å²) in [6.45, 7) is 7.86. The summed E-state index contributed by atoms with van der Waals surface area (Å²) in [6.07, 6.45) is 1.96. The molecule has 37 heavy (non-hydrogen) atoms. The van der Waals surface area contributed by atoms with Gasteiger partial charge in [0.05, 0.1) is 31.1 Å². The molecular formula is C28H34FN3O5. The van der Waals surface area contributed by atoms with E-state index in [-0.39, 0.29) is 11.4 Å². The number of likely N-dealkylation sites (tertiary alicyclic amines) is 2. The Kier molecular flexibility index (Phi) is 6.74. The monoisotopic (exact) mass is 511 g/mol. The van der Waals surface area contributed by atoms with Crippen molar-refractivity contribution in [3.63, 3.8) is 0 Å². The Bertz CT molecular complexity index is 1190.